The van der Waals surface area contributed by atoms with Crippen molar-refractivity contribution in [2.45, 2.75) is 31.6 Å². The molecule has 0 atom stereocenters. The van der Waals surface area contributed by atoms with E-state index in [4.69, 9.17) is 11.6 Å². The normalized spacial score (nSPS) is 18.0. The molecule has 2 rings (SSSR count). The van der Waals surface area contributed by atoms with E-state index in [1.54, 1.807) is 18.6 Å². The van der Waals surface area contributed by atoms with Crippen molar-refractivity contribution < 1.29 is 53.8 Å². The summed E-state index contributed by atoms with van der Waals surface area (Å²) >= 11 is 5.68. The van der Waals surface area contributed by atoms with E-state index in [0.29, 0.717) is 5.02 Å². The molecule has 1 aliphatic rings. The number of rotatable bonds is 3. The van der Waals surface area contributed by atoms with Gasteiger partial charge in [-0.25, -0.2) is 13.1 Å². The molecule has 6 nitrogen and oxygen atoms in total. The fraction of sp³-hybridized carbons (Fsp3) is 0.400. The number of sulfonamides is 1. The predicted molar refractivity (Wildman–Crippen MR) is 84.4 cm³/mol. The molecule has 1 saturated carbocycles. The summed E-state index contributed by atoms with van der Waals surface area (Å²) in [4.78, 5) is 36.0. The van der Waals surface area contributed by atoms with Gasteiger partial charge in [0.2, 0.25) is 0 Å². The van der Waals surface area contributed by atoms with E-state index in [0.717, 1.165) is 0 Å². The zero-order valence-electron chi connectivity index (χ0n) is 14.6. The van der Waals surface area contributed by atoms with Crippen molar-refractivity contribution in [3.05, 3.63) is 29.3 Å². The maximum absolute atomic E-state index is 12.1. The van der Waals surface area contributed by atoms with Crippen molar-refractivity contribution in [3.8, 4) is 0 Å². The summed E-state index contributed by atoms with van der Waals surface area (Å²) in [6.07, 6.45) is 0.107. The fourth-order valence-corrected chi connectivity index (χ4v) is 3.67. The van der Waals surface area contributed by atoms with E-state index in [2.05, 4.69) is 0 Å². The van der Waals surface area contributed by atoms with Crippen LogP contribution in [0.5, 0.6) is 0 Å². The van der Waals surface area contributed by atoms with E-state index < -0.39 is 38.8 Å². The SMILES string of the molecule is CC1(C)CC(=O)C(C(=O)NS(=O)(=O)c2ccc(Cl)cc2)C(=O)C1.[H-].[Na+]. The summed E-state index contributed by atoms with van der Waals surface area (Å²) in [5.41, 5.74) is -0.514. The summed E-state index contributed by atoms with van der Waals surface area (Å²) in [6, 6.07) is 5.18. The van der Waals surface area contributed by atoms with Crippen molar-refractivity contribution in [2.75, 3.05) is 0 Å². The zero-order chi connectivity index (χ0) is 17.4. The molecule has 1 N–H and O–H groups in total. The summed E-state index contributed by atoms with van der Waals surface area (Å²) in [6.45, 7) is 3.50. The van der Waals surface area contributed by atoms with Crippen LogP contribution in [0.15, 0.2) is 29.2 Å². The maximum Gasteiger partial charge on any atom is 1.00 e. The second kappa shape index (κ2) is 7.66. The van der Waals surface area contributed by atoms with Gasteiger partial charge in [0.15, 0.2) is 17.5 Å². The quantitative estimate of drug-likeness (QED) is 0.526. The number of amides is 1. The Balaban J connectivity index is 0.00000288. The number of carbonyl (C=O) groups excluding carboxylic acids is 3. The summed E-state index contributed by atoms with van der Waals surface area (Å²) in [5.74, 6) is -3.79. The van der Waals surface area contributed by atoms with Crippen molar-refractivity contribution in [1.82, 2.24) is 4.72 Å². The Morgan fingerprint density at radius 1 is 1.17 bits per heavy atom. The molecule has 0 heterocycles. The minimum absolute atomic E-state index is 0. The molecule has 1 aromatic carbocycles. The van der Waals surface area contributed by atoms with Gasteiger partial charge in [0.05, 0.1) is 4.90 Å². The van der Waals surface area contributed by atoms with Gasteiger partial charge in [-0.05, 0) is 29.7 Å². The number of hydrogen-bond donors (Lipinski definition) is 1. The monoisotopic (exact) mass is 381 g/mol. The molecular weight excluding hydrogens is 365 g/mol. The number of nitrogens with one attached hydrogen (secondary N) is 1. The number of benzene rings is 1. The molecule has 0 bridgehead atoms. The number of carbonyl (C=O) groups is 3. The van der Waals surface area contributed by atoms with Crippen molar-refractivity contribution in [2.24, 2.45) is 11.3 Å². The number of Topliss-reactive ketones (excluding diaryl/α,β-unsaturated/α-hetero) is 2. The van der Waals surface area contributed by atoms with Gasteiger partial charge in [-0.15, -0.1) is 0 Å². The standard InChI is InChI=1S/C15H16ClNO5S.Na.H/c1-15(2)7-11(18)13(12(19)8-15)14(20)17-23(21,22)10-5-3-9(16)4-6-10;;/h3-6,13H,7-8H2,1-2H3,(H,17,20);;/q;+1;-1. The van der Waals surface area contributed by atoms with Crippen LogP contribution in [0.4, 0.5) is 0 Å². The molecule has 1 aliphatic carbocycles. The third-order valence-electron chi connectivity index (χ3n) is 3.57. The van der Waals surface area contributed by atoms with Gasteiger partial charge in [-0.3, -0.25) is 14.4 Å². The summed E-state index contributed by atoms with van der Waals surface area (Å²) in [5, 5.41) is 0.343. The van der Waals surface area contributed by atoms with E-state index in [1.807, 2.05) is 0 Å². The van der Waals surface area contributed by atoms with Gasteiger partial charge in [0.25, 0.3) is 15.9 Å². The molecule has 1 aromatic rings. The van der Waals surface area contributed by atoms with Crippen molar-refractivity contribution >= 4 is 39.1 Å². The van der Waals surface area contributed by atoms with Crippen LogP contribution in [-0.2, 0) is 24.4 Å². The van der Waals surface area contributed by atoms with Crippen LogP contribution in [0.1, 0.15) is 28.1 Å². The zero-order valence-corrected chi connectivity index (χ0v) is 17.2. The Morgan fingerprint density at radius 2 is 1.62 bits per heavy atom. The maximum atomic E-state index is 12.1. The molecule has 9 heteroatoms. The molecule has 1 amide bonds. The molecule has 0 aromatic heterocycles. The van der Waals surface area contributed by atoms with Crippen LogP contribution < -0.4 is 34.3 Å². The molecule has 126 valence electrons. The first-order valence-electron chi connectivity index (χ1n) is 6.89. The Morgan fingerprint density at radius 3 is 2.08 bits per heavy atom. The Hall–Kier alpha value is -0.730. The average Bonchev–Trinajstić information content (AvgIpc) is 2.35. The molecule has 0 saturated heterocycles. The fourth-order valence-electron chi connectivity index (χ4n) is 2.55. The van der Waals surface area contributed by atoms with Gasteiger partial charge in [0, 0.05) is 17.9 Å². The first-order valence-corrected chi connectivity index (χ1v) is 8.76. The minimum atomic E-state index is -4.16. The van der Waals surface area contributed by atoms with E-state index in [1.165, 1.54) is 24.3 Å². The van der Waals surface area contributed by atoms with E-state index in [-0.39, 0.29) is 48.7 Å². The van der Waals surface area contributed by atoms with Crippen molar-refractivity contribution in [1.29, 1.82) is 0 Å². The van der Waals surface area contributed by atoms with Gasteiger partial charge >= 0.3 is 29.6 Å². The first kappa shape index (κ1) is 21.3. The summed E-state index contributed by atoms with van der Waals surface area (Å²) in [7, 11) is -4.16. The second-order valence-corrected chi connectivity index (χ2v) is 8.43. The van der Waals surface area contributed by atoms with Crippen LogP contribution in [0.3, 0.4) is 0 Å². The number of halogens is 1. The Kier molecular flexibility index (Phi) is 6.80. The predicted octanol–water partition coefficient (Wildman–Crippen LogP) is -1.16. The van der Waals surface area contributed by atoms with Gasteiger partial charge in [-0.1, -0.05) is 25.4 Å². The Bertz CT molecular complexity index is 760. The van der Waals surface area contributed by atoms with E-state index >= 15 is 0 Å². The smallest absolute Gasteiger partial charge is 1.00 e. The van der Waals surface area contributed by atoms with Crippen LogP contribution in [0.2, 0.25) is 5.02 Å². The topological polar surface area (TPSA) is 97.4 Å². The van der Waals surface area contributed by atoms with Gasteiger partial charge < -0.3 is 1.43 Å². The molecule has 24 heavy (non-hydrogen) atoms. The van der Waals surface area contributed by atoms with E-state index in [9.17, 15) is 22.8 Å². The minimum Gasteiger partial charge on any atom is -1.00 e. The molecule has 0 aliphatic heterocycles. The average molecular weight is 382 g/mol. The molecule has 0 unspecified atom stereocenters. The van der Waals surface area contributed by atoms with Crippen LogP contribution >= 0.6 is 11.6 Å². The number of hydrogen-bond acceptors (Lipinski definition) is 5. The van der Waals surface area contributed by atoms with Crippen molar-refractivity contribution in [3.63, 3.8) is 0 Å². The number of ketones is 2. The van der Waals surface area contributed by atoms with Crippen LogP contribution in [0.25, 0.3) is 0 Å². The third-order valence-corrected chi connectivity index (χ3v) is 5.19. The van der Waals surface area contributed by atoms with Crippen LogP contribution in [0, 0.1) is 11.3 Å². The Labute approximate surface area is 169 Å². The van der Waals surface area contributed by atoms with Gasteiger partial charge in [0.1, 0.15) is 0 Å². The molecule has 1 fully saturated rings. The van der Waals surface area contributed by atoms with Crippen LogP contribution in [-0.4, -0.2) is 25.9 Å². The first-order chi connectivity index (χ1) is 10.5. The molecule has 0 spiro atoms. The second-order valence-electron chi connectivity index (χ2n) is 6.31. The largest absolute Gasteiger partial charge is 1.00 e. The van der Waals surface area contributed by atoms with Gasteiger partial charge in [-0.2, -0.15) is 0 Å². The third kappa shape index (κ3) is 4.89. The molecule has 0 radical (unpaired) electrons. The summed E-state index contributed by atoms with van der Waals surface area (Å²) < 4.78 is 26.1. The molecular formula is C15H17ClNNaO5S.